The predicted molar refractivity (Wildman–Crippen MR) is 109 cm³/mol. The molecule has 2 aromatic rings. The van der Waals surface area contributed by atoms with Gasteiger partial charge in [-0.3, -0.25) is 4.79 Å². The van der Waals surface area contributed by atoms with Crippen molar-refractivity contribution in [3.05, 3.63) is 71.3 Å². The van der Waals surface area contributed by atoms with E-state index in [0.717, 1.165) is 43.5 Å². The molecular formula is C24H27N3O. The molecular weight excluding hydrogens is 346 g/mol. The van der Waals surface area contributed by atoms with Gasteiger partial charge in [-0.2, -0.15) is 5.26 Å². The molecule has 1 aliphatic heterocycles. The summed E-state index contributed by atoms with van der Waals surface area (Å²) in [4.78, 5) is 15.0. The van der Waals surface area contributed by atoms with Crippen LogP contribution in [0.15, 0.2) is 54.6 Å². The molecule has 4 heteroatoms. The molecule has 4 nitrogen and oxygen atoms in total. The Bertz CT molecular complexity index is 865. The Kier molecular flexibility index (Phi) is 5.45. The fourth-order valence-electron chi connectivity index (χ4n) is 4.59. The van der Waals surface area contributed by atoms with E-state index in [1.54, 1.807) is 0 Å². The number of carbonyl (C=O) groups is 1. The first kappa shape index (κ1) is 18.7. The maximum absolute atomic E-state index is 13.0. The van der Waals surface area contributed by atoms with Crippen LogP contribution in [-0.4, -0.2) is 23.9 Å². The summed E-state index contributed by atoms with van der Waals surface area (Å²) < 4.78 is 0. The Morgan fingerprint density at radius 1 is 1.14 bits per heavy atom. The van der Waals surface area contributed by atoms with Gasteiger partial charge in [0.05, 0.1) is 12.0 Å². The van der Waals surface area contributed by atoms with Crippen LogP contribution in [0.5, 0.6) is 0 Å². The average Bonchev–Trinajstić information content (AvgIpc) is 3.56. The molecule has 2 aromatic carbocycles. The van der Waals surface area contributed by atoms with Crippen molar-refractivity contribution in [2.75, 3.05) is 13.1 Å². The van der Waals surface area contributed by atoms with Crippen molar-refractivity contribution in [1.29, 1.82) is 5.26 Å². The van der Waals surface area contributed by atoms with Crippen molar-refractivity contribution in [2.45, 2.75) is 37.6 Å². The third-order valence-electron chi connectivity index (χ3n) is 6.34. The molecule has 2 N–H and O–H groups in total. The molecule has 1 amide bonds. The zero-order chi connectivity index (χ0) is 19.5. The summed E-state index contributed by atoms with van der Waals surface area (Å²) in [6.07, 6.45) is 2.75. The number of nitriles is 1. The highest BCUT2D eigenvalue weighted by Gasteiger charge is 2.46. The number of carbonyl (C=O) groups excluding carboxylic acids is 1. The van der Waals surface area contributed by atoms with Gasteiger partial charge in [0, 0.05) is 25.6 Å². The Hall–Kier alpha value is -2.64. The van der Waals surface area contributed by atoms with E-state index in [1.165, 1.54) is 5.56 Å². The van der Waals surface area contributed by atoms with Gasteiger partial charge in [0.25, 0.3) is 0 Å². The minimum atomic E-state index is -0.0777. The van der Waals surface area contributed by atoms with E-state index >= 15 is 0 Å². The first-order chi connectivity index (χ1) is 13.7. The highest BCUT2D eigenvalue weighted by molar-refractivity contribution is 5.83. The highest BCUT2D eigenvalue weighted by Crippen LogP contribution is 2.49. The molecule has 0 spiro atoms. The van der Waals surface area contributed by atoms with E-state index in [9.17, 15) is 10.1 Å². The second-order valence-electron chi connectivity index (χ2n) is 8.08. The number of nitrogens with zero attached hydrogens (tertiary/aromatic N) is 2. The van der Waals surface area contributed by atoms with E-state index in [4.69, 9.17) is 5.73 Å². The fourth-order valence-corrected chi connectivity index (χ4v) is 4.59. The Morgan fingerprint density at radius 2 is 1.89 bits per heavy atom. The van der Waals surface area contributed by atoms with Gasteiger partial charge in [0.1, 0.15) is 0 Å². The third kappa shape index (κ3) is 3.81. The monoisotopic (exact) mass is 373 g/mol. The van der Waals surface area contributed by atoms with Crippen LogP contribution < -0.4 is 5.73 Å². The molecule has 1 heterocycles. The largest absolute Gasteiger partial charge is 0.342 e. The third-order valence-corrected chi connectivity index (χ3v) is 6.34. The number of benzene rings is 2. The van der Waals surface area contributed by atoms with Gasteiger partial charge < -0.3 is 10.6 Å². The van der Waals surface area contributed by atoms with E-state index < -0.39 is 0 Å². The Morgan fingerprint density at radius 3 is 2.57 bits per heavy atom. The normalized spacial score (nSPS) is 23.1. The van der Waals surface area contributed by atoms with Gasteiger partial charge in [-0.25, -0.2) is 0 Å². The second kappa shape index (κ2) is 8.16. The van der Waals surface area contributed by atoms with Gasteiger partial charge in [0.15, 0.2) is 0 Å². The first-order valence-corrected chi connectivity index (χ1v) is 10.2. The van der Waals surface area contributed by atoms with Crippen LogP contribution in [0.4, 0.5) is 0 Å². The van der Waals surface area contributed by atoms with Gasteiger partial charge >= 0.3 is 0 Å². The maximum Gasteiger partial charge on any atom is 0.226 e. The summed E-state index contributed by atoms with van der Waals surface area (Å²) in [7, 11) is 0. The van der Waals surface area contributed by atoms with E-state index in [1.807, 2.05) is 47.4 Å². The summed E-state index contributed by atoms with van der Waals surface area (Å²) >= 11 is 0. The quantitative estimate of drug-likeness (QED) is 0.867. The number of likely N-dealkylation sites (tertiary alicyclic amines) is 1. The van der Waals surface area contributed by atoms with Crippen LogP contribution in [-0.2, 0) is 11.3 Å². The van der Waals surface area contributed by atoms with E-state index in [2.05, 4.69) is 18.2 Å². The molecule has 3 atom stereocenters. The van der Waals surface area contributed by atoms with Gasteiger partial charge in [-0.1, -0.05) is 54.6 Å². The van der Waals surface area contributed by atoms with Crippen LogP contribution in [0, 0.1) is 23.2 Å². The van der Waals surface area contributed by atoms with Crippen molar-refractivity contribution in [3.63, 3.8) is 0 Å². The summed E-state index contributed by atoms with van der Waals surface area (Å²) in [5, 5.41) is 9.67. The van der Waals surface area contributed by atoms with Crippen LogP contribution in [0.25, 0.3) is 0 Å². The summed E-state index contributed by atoms with van der Waals surface area (Å²) in [5.74, 6) is 0.993. The van der Waals surface area contributed by atoms with Crippen LogP contribution in [0.3, 0.4) is 0 Å². The van der Waals surface area contributed by atoms with Crippen LogP contribution in [0.1, 0.15) is 47.8 Å². The lowest BCUT2D eigenvalue weighted by Crippen LogP contribution is -2.40. The number of hydrogen-bond donors (Lipinski definition) is 1. The molecule has 0 radical (unpaired) electrons. The second-order valence-corrected chi connectivity index (χ2v) is 8.08. The summed E-state index contributed by atoms with van der Waals surface area (Å²) in [6, 6.07) is 20.9. The minimum Gasteiger partial charge on any atom is -0.342 e. The number of piperidine rings is 1. The van der Waals surface area contributed by atoms with Gasteiger partial charge in [-0.15, -0.1) is 0 Å². The smallest absolute Gasteiger partial charge is 0.226 e. The average molecular weight is 374 g/mol. The molecule has 2 fully saturated rings. The standard InChI is InChI=1S/C24H27N3O/c25-15-17-5-4-8-20(13-17)21-14-22(21)24(28)27-11-9-19(10-12-27)23(16-26)18-6-2-1-3-7-18/h1-8,13,19,21-23H,9-12,14-15,25H2/t21-,22+,23?/m0/s1. The van der Waals surface area contributed by atoms with Crippen LogP contribution >= 0.6 is 0 Å². The van der Waals surface area contributed by atoms with E-state index in [-0.39, 0.29) is 17.7 Å². The minimum absolute atomic E-state index is 0.0777. The summed E-state index contributed by atoms with van der Waals surface area (Å²) in [6.45, 7) is 2.06. The lowest BCUT2D eigenvalue weighted by Gasteiger charge is -2.34. The van der Waals surface area contributed by atoms with Crippen molar-refractivity contribution >= 4 is 5.91 Å². The molecule has 28 heavy (non-hydrogen) atoms. The molecule has 144 valence electrons. The van der Waals surface area contributed by atoms with Crippen molar-refractivity contribution in [1.82, 2.24) is 4.90 Å². The number of nitrogens with two attached hydrogens (primary N) is 1. The first-order valence-electron chi connectivity index (χ1n) is 10.2. The topological polar surface area (TPSA) is 70.1 Å². The number of amides is 1. The van der Waals surface area contributed by atoms with Crippen molar-refractivity contribution in [3.8, 4) is 6.07 Å². The zero-order valence-corrected chi connectivity index (χ0v) is 16.1. The van der Waals surface area contributed by atoms with Gasteiger partial charge in [-0.05, 0) is 47.8 Å². The molecule has 0 aromatic heterocycles. The lowest BCUT2D eigenvalue weighted by atomic mass is 9.81. The predicted octanol–water partition coefficient (Wildman–Crippen LogP) is 3.79. The fraction of sp³-hybridized carbons (Fsp3) is 0.417. The summed E-state index contributed by atoms with van der Waals surface area (Å²) in [5.41, 5.74) is 9.20. The Labute approximate surface area is 167 Å². The molecule has 1 saturated carbocycles. The van der Waals surface area contributed by atoms with Crippen LogP contribution in [0.2, 0.25) is 0 Å². The molecule has 2 aliphatic rings. The number of rotatable bonds is 5. The SMILES string of the molecule is N#CC(c1ccccc1)C1CCN(C(=O)[C@@H]2C[C@H]2c2cccc(CN)c2)CC1. The van der Waals surface area contributed by atoms with Gasteiger partial charge in [0.2, 0.25) is 5.91 Å². The molecule has 4 rings (SSSR count). The molecule has 1 unspecified atom stereocenters. The maximum atomic E-state index is 13.0. The lowest BCUT2D eigenvalue weighted by molar-refractivity contribution is -0.134. The molecule has 1 aliphatic carbocycles. The zero-order valence-electron chi connectivity index (χ0n) is 16.1. The van der Waals surface area contributed by atoms with Crippen molar-refractivity contribution in [2.24, 2.45) is 17.6 Å². The van der Waals surface area contributed by atoms with E-state index in [0.29, 0.717) is 18.4 Å². The molecule has 1 saturated heterocycles. The highest BCUT2D eigenvalue weighted by atomic mass is 16.2. The molecule has 0 bridgehead atoms. The van der Waals surface area contributed by atoms with Crippen molar-refractivity contribution < 1.29 is 4.79 Å². The Balaban J connectivity index is 1.34. The number of hydrogen-bond acceptors (Lipinski definition) is 3.